The molecule has 7 heteroatoms. The highest BCUT2D eigenvalue weighted by atomic mass is 79.9. The van der Waals surface area contributed by atoms with Gasteiger partial charge in [-0.05, 0) is 23.8 Å². The molecule has 0 fully saturated rings. The first kappa shape index (κ1) is 18.2. The first-order valence-corrected chi connectivity index (χ1v) is 11.6. The largest absolute Gasteiger partial charge is 0.482 e. The van der Waals surface area contributed by atoms with Crippen LogP contribution in [0.15, 0.2) is 41.0 Å². The molecule has 5 nitrogen and oxygen atoms in total. The molecule has 0 saturated carbocycles. The minimum absolute atomic E-state index is 0.0639. The minimum atomic E-state index is -1.47. The highest BCUT2D eigenvalue weighted by molar-refractivity contribution is 9.10. The molecule has 1 aromatic carbocycles. The lowest BCUT2D eigenvalue weighted by molar-refractivity contribution is -0.386. The van der Waals surface area contributed by atoms with Gasteiger partial charge in [-0.3, -0.25) is 10.1 Å². The summed E-state index contributed by atoms with van der Waals surface area (Å²) >= 11 is 3.30. The van der Waals surface area contributed by atoms with E-state index in [1.54, 1.807) is 18.3 Å². The van der Waals surface area contributed by atoms with Gasteiger partial charge in [-0.25, -0.2) is 4.98 Å². The van der Waals surface area contributed by atoms with E-state index in [1.807, 2.05) is 12.1 Å². The number of nitrogens with zero attached hydrogens (tertiary/aromatic N) is 2. The lowest BCUT2D eigenvalue weighted by atomic mass is 10.2. The zero-order chi connectivity index (χ0) is 17.7. The molecule has 0 radical (unpaired) electrons. The minimum Gasteiger partial charge on any atom is -0.482 e. The van der Waals surface area contributed by atoms with Crippen LogP contribution in [0.4, 0.5) is 5.69 Å². The van der Waals surface area contributed by atoms with Gasteiger partial charge in [0, 0.05) is 22.8 Å². The molecule has 0 bridgehead atoms. The molecule has 0 aliphatic carbocycles. The summed E-state index contributed by atoms with van der Waals surface area (Å²) in [4.78, 5) is 14.8. The topological polar surface area (TPSA) is 65.3 Å². The van der Waals surface area contributed by atoms with Gasteiger partial charge in [0.1, 0.15) is 20.4 Å². The van der Waals surface area contributed by atoms with Crippen LogP contribution in [0.25, 0.3) is 0 Å². The van der Waals surface area contributed by atoms with Crippen molar-refractivity contribution in [2.24, 2.45) is 0 Å². The molecule has 0 unspecified atom stereocenters. The summed E-state index contributed by atoms with van der Waals surface area (Å²) in [5.74, 6) is 3.31. The van der Waals surface area contributed by atoms with Crippen molar-refractivity contribution >= 4 is 29.7 Å². The van der Waals surface area contributed by atoms with Crippen molar-refractivity contribution in [1.82, 2.24) is 4.98 Å². The van der Waals surface area contributed by atoms with Crippen LogP contribution in [-0.4, -0.2) is 18.0 Å². The maximum atomic E-state index is 11.1. The molecular formula is C17H17BrN2O3Si. The zero-order valence-electron chi connectivity index (χ0n) is 13.7. The average molecular weight is 405 g/mol. The molecule has 0 atom stereocenters. The fraction of sp³-hybridized carbons (Fsp3) is 0.235. The molecule has 2 aromatic rings. The normalized spacial score (nSPS) is 10.7. The number of halogens is 1. The summed E-state index contributed by atoms with van der Waals surface area (Å²) in [7, 11) is -1.47. The number of ether oxygens (including phenoxy) is 1. The molecule has 0 spiro atoms. The molecule has 1 aromatic heterocycles. The zero-order valence-corrected chi connectivity index (χ0v) is 16.3. The second-order valence-corrected chi connectivity index (χ2v) is 11.9. The van der Waals surface area contributed by atoms with Crippen molar-refractivity contribution in [3.8, 4) is 17.2 Å². The van der Waals surface area contributed by atoms with Crippen molar-refractivity contribution in [1.29, 1.82) is 0 Å². The molecule has 0 amide bonds. The van der Waals surface area contributed by atoms with E-state index in [1.165, 1.54) is 6.07 Å². The molecule has 2 rings (SSSR count). The van der Waals surface area contributed by atoms with Gasteiger partial charge in [0.25, 0.3) is 0 Å². The van der Waals surface area contributed by atoms with Crippen molar-refractivity contribution in [2.45, 2.75) is 26.2 Å². The highest BCUT2D eigenvalue weighted by Gasteiger charge is 2.15. The third-order valence-corrected chi connectivity index (χ3v) is 4.27. The highest BCUT2D eigenvalue weighted by Crippen LogP contribution is 2.30. The molecule has 1 heterocycles. The molecule has 0 aliphatic heterocycles. The molecule has 0 aliphatic rings. The number of nitro benzene ring substituents is 1. The number of rotatable bonds is 4. The second-order valence-electron chi connectivity index (χ2n) is 6.21. The predicted octanol–water partition coefficient (Wildman–Crippen LogP) is 4.56. The number of hydrogen-bond acceptors (Lipinski definition) is 4. The molecule has 124 valence electrons. The first-order valence-electron chi connectivity index (χ1n) is 7.29. The summed E-state index contributed by atoms with van der Waals surface area (Å²) in [6, 6.07) is 8.27. The lowest BCUT2D eigenvalue weighted by Crippen LogP contribution is -2.16. The average Bonchev–Trinajstić information content (AvgIpc) is 2.50. The summed E-state index contributed by atoms with van der Waals surface area (Å²) < 4.78 is 6.35. The monoisotopic (exact) mass is 404 g/mol. The Morgan fingerprint density at radius 1 is 1.29 bits per heavy atom. The van der Waals surface area contributed by atoms with Crippen LogP contribution in [-0.2, 0) is 6.61 Å². The SMILES string of the molecule is C[Si](C)(C)C#Cc1cc(COc2cc(Br)ccc2[N+](=O)[O-])ccn1. The Bertz CT molecular complexity index is 823. The van der Waals surface area contributed by atoms with Gasteiger partial charge in [0.15, 0.2) is 5.75 Å². The van der Waals surface area contributed by atoms with Crippen molar-refractivity contribution in [2.75, 3.05) is 0 Å². The van der Waals surface area contributed by atoms with Crippen LogP contribution in [0.1, 0.15) is 11.3 Å². The van der Waals surface area contributed by atoms with E-state index < -0.39 is 13.0 Å². The Labute approximate surface area is 150 Å². The third-order valence-electron chi connectivity index (χ3n) is 2.90. The van der Waals surface area contributed by atoms with Gasteiger partial charge < -0.3 is 4.74 Å². The lowest BCUT2D eigenvalue weighted by Gasteiger charge is -2.08. The van der Waals surface area contributed by atoms with E-state index in [-0.39, 0.29) is 18.0 Å². The number of nitro groups is 1. The van der Waals surface area contributed by atoms with E-state index in [0.29, 0.717) is 5.69 Å². The number of benzene rings is 1. The number of aromatic nitrogens is 1. The van der Waals surface area contributed by atoms with Crippen LogP contribution in [0.3, 0.4) is 0 Å². The van der Waals surface area contributed by atoms with E-state index in [2.05, 4.69) is 52.0 Å². The third kappa shape index (κ3) is 5.48. The van der Waals surface area contributed by atoms with Crippen molar-refractivity contribution in [3.63, 3.8) is 0 Å². The Balaban J connectivity index is 2.17. The number of pyridine rings is 1. The van der Waals surface area contributed by atoms with Gasteiger partial charge in [0.05, 0.1) is 4.92 Å². The predicted molar refractivity (Wildman–Crippen MR) is 99.6 cm³/mol. The van der Waals surface area contributed by atoms with Gasteiger partial charge in [-0.15, -0.1) is 5.54 Å². The fourth-order valence-electron chi connectivity index (χ4n) is 1.80. The van der Waals surface area contributed by atoms with Crippen LogP contribution >= 0.6 is 15.9 Å². The fourth-order valence-corrected chi connectivity index (χ4v) is 2.64. The van der Waals surface area contributed by atoms with E-state index in [4.69, 9.17) is 4.74 Å². The Kier molecular flexibility index (Phi) is 5.75. The van der Waals surface area contributed by atoms with Crippen molar-refractivity contribution in [3.05, 3.63) is 62.4 Å². The summed E-state index contributed by atoms with van der Waals surface area (Å²) in [5.41, 5.74) is 4.74. The maximum Gasteiger partial charge on any atom is 0.311 e. The molecular weight excluding hydrogens is 388 g/mol. The van der Waals surface area contributed by atoms with Crippen LogP contribution < -0.4 is 4.74 Å². The Hall–Kier alpha value is -2.17. The number of hydrogen-bond donors (Lipinski definition) is 0. The smallest absolute Gasteiger partial charge is 0.311 e. The maximum absolute atomic E-state index is 11.1. The Morgan fingerprint density at radius 3 is 2.71 bits per heavy atom. The van der Waals surface area contributed by atoms with Gasteiger partial charge in [0.2, 0.25) is 0 Å². The Morgan fingerprint density at radius 2 is 2.04 bits per heavy atom. The summed E-state index contributed by atoms with van der Waals surface area (Å²) in [6.07, 6.45) is 1.67. The van der Waals surface area contributed by atoms with Gasteiger partial charge in [-0.1, -0.05) is 41.5 Å². The molecule has 24 heavy (non-hydrogen) atoms. The van der Waals surface area contributed by atoms with E-state index in [0.717, 1.165) is 10.0 Å². The second kappa shape index (κ2) is 7.60. The van der Waals surface area contributed by atoms with E-state index in [9.17, 15) is 10.1 Å². The quantitative estimate of drug-likeness (QED) is 0.324. The van der Waals surface area contributed by atoms with Gasteiger partial charge in [-0.2, -0.15) is 0 Å². The molecule has 0 N–H and O–H groups in total. The van der Waals surface area contributed by atoms with Gasteiger partial charge >= 0.3 is 5.69 Å². The van der Waals surface area contributed by atoms with Crippen LogP contribution in [0, 0.1) is 21.6 Å². The van der Waals surface area contributed by atoms with Crippen LogP contribution in [0.5, 0.6) is 5.75 Å². The first-order chi connectivity index (χ1) is 11.2. The summed E-state index contributed by atoms with van der Waals surface area (Å²) in [5, 5.41) is 11.1. The molecule has 0 saturated heterocycles. The van der Waals surface area contributed by atoms with Crippen LogP contribution in [0.2, 0.25) is 19.6 Å². The van der Waals surface area contributed by atoms with E-state index >= 15 is 0 Å². The van der Waals surface area contributed by atoms with Crippen molar-refractivity contribution < 1.29 is 9.66 Å². The summed E-state index contributed by atoms with van der Waals surface area (Å²) in [6.45, 7) is 6.71. The standard InChI is InChI=1S/C17H17BrN2O3Si/c1-24(2,3)9-7-15-10-13(6-8-19-15)12-23-17-11-14(18)4-5-16(17)20(21)22/h4-6,8,10-11H,12H2,1-3H3.